The fourth-order valence-electron chi connectivity index (χ4n) is 1.62. The topological polar surface area (TPSA) is 90.1 Å². The average Bonchev–Trinajstić information content (AvgIpc) is 2.78. The van der Waals surface area contributed by atoms with Crippen molar-refractivity contribution in [1.29, 1.82) is 0 Å². The van der Waals surface area contributed by atoms with Crippen LogP contribution < -0.4 is 5.32 Å². The van der Waals surface area contributed by atoms with Gasteiger partial charge in [0.1, 0.15) is 0 Å². The summed E-state index contributed by atoms with van der Waals surface area (Å²) in [4.78, 5) is 22.0. The molecule has 1 heterocycles. The highest BCUT2D eigenvalue weighted by atomic mass is 16.6. The Kier molecular flexibility index (Phi) is 3.28. The Hall–Kier alpha value is -2.70. The number of anilines is 1. The molecular weight excluding hydrogens is 248 g/mol. The van der Waals surface area contributed by atoms with Gasteiger partial charge in [0.05, 0.1) is 4.92 Å². The van der Waals surface area contributed by atoms with E-state index in [9.17, 15) is 14.9 Å². The van der Waals surface area contributed by atoms with Crippen molar-refractivity contribution in [3.05, 3.63) is 51.8 Å². The van der Waals surface area contributed by atoms with Crippen molar-refractivity contribution in [2.75, 3.05) is 5.32 Å². The van der Waals surface area contributed by atoms with Gasteiger partial charge in [-0.25, -0.2) is 0 Å². The molecule has 19 heavy (non-hydrogen) atoms. The number of aryl methyl sites for hydroxylation is 2. The quantitative estimate of drug-likeness (QED) is 0.674. The molecule has 2 rings (SSSR count). The zero-order valence-corrected chi connectivity index (χ0v) is 10.5. The first-order valence-electron chi connectivity index (χ1n) is 5.53. The third kappa shape index (κ3) is 2.76. The SMILES string of the molecule is Cc1cc([N+](=O)[O-])ccc1NC(=O)c1ccn(C)n1. The summed E-state index contributed by atoms with van der Waals surface area (Å²) >= 11 is 0. The van der Waals surface area contributed by atoms with E-state index in [2.05, 4.69) is 10.4 Å². The molecule has 0 saturated carbocycles. The lowest BCUT2D eigenvalue weighted by molar-refractivity contribution is -0.384. The number of aromatic nitrogens is 2. The maximum absolute atomic E-state index is 11.9. The van der Waals surface area contributed by atoms with E-state index in [-0.39, 0.29) is 11.6 Å². The first-order valence-corrected chi connectivity index (χ1v) is 5.53. The summed E-state index contributed by atoms with van der Waals surface area (Å²) in [5.41, 5.74) is 1.44. The van der Waals surface area contributed by atoms with Crippen LogP contribution in [0.5, 0.6) is 0 Å². The standard InChI is InChI=1S/C12H12N4O3/c1-8-7-9(16(18)19)3-4-10(8)13-12(17)11-5-6-15(2)14-11/h3-7H,1-2H3,(H,13,17). The zero-order valence-electron chi connectivity index (χ0n) is 10.5. The van der Waals surface area contributed by atoms with E-state index in [0.717, 1.165) is 0 Å². The third-order valence-corrected chi connectivity index (χ3v) is 2.62. The predicted octanol–water partition coefficient (Wildman–Crippen LogP) is 1.89. The third-order valence-electron chi connectivity index (χ3n) is 2.62. The van der Waals surface area contributed by atoms with Gasteiger partial charge in [-0.1, -0.05) is 0 Å². The van der Waals surface area contributed by atoms with E-state index in [0.29, 0.717) is 16.9 Å². The molecule has 7 nitrogen and oxygen atoms in total. The fraction of sp³-hybridized carbons (Fsp3) is 0.167. The fourth-order valence-corrected chi connectivity index (χ4v) is 1.62. The van der Waals surface area contributed by atoms with Crippen LogP contribution >= 0.6 is 0 Å². The van der Waals surface area contributed by atoms with Gasteiger partial charge >= 0.3 is 0 Å². The van der Waals surface area contributed by atoms with E-state index in [1.165, 1.54) is 22.9 Å². The van der Waals surface area contributed by atoms with Gasteiger partial charge in [-0.2, -0.15) is 5.10 Å². The van der Waals surface area contributed by atoms with Gasteiger partial charge in [0.25, 0.3) is 11.6 Å². The molecule has 2 aromatic rings. The lowest BCUT2D eigenvalue weighted by Crippen LogP contribution is -2.13. The zero-order chi connectivity index (χ0) is 14.0. The van der Waals surface area contributed by atoms with E-state index in [1.807, 2.05) is 0 Å². The minimum absolute atomic E-state index is 0.00617. The van der Waals surface area contributed by atoms with Crippen molar-refractivity contribution in [1.82, 2.24) is 9.78 Å². The Balaban J connectivity index is 2.20. The van der Waals surface area contributed by atoms with Crippen molar-refractivity contribution in [2.45, 2.75) is 6.92 Å². The second kappa shape index (κ2) is 4.89. The molecule has 1 aromatic carbocycles. The minimum atomic E-state index is -0.475. The van der Waals surface area contributed by atoms with Crippen LogP contribution in [0.2, 0.25) is 0 Å². The number of nitrogens with zero attached hydrogens (tertiary/aromatic N) is 3. The monoisotopic (exact) mass is 260 g/mol. The molecule has 7 heteroatoms. The number of hydrogen-bond donors (Lipinski definition) is 1. The second-order valence-corrected chi connectivity index (χ2v) is 4.09. The number of hydrogen-bond acceptors (Lipinski definition) is 4. The number of benzene rings is 1. The summed E-state index contributed by atoms with van der Waals surface area (Å²) in [6.45, 7) is 1.70. The lowest BCUT2D eigenvalue weighted by atomic mass is 10.1. The molecule has 0 bridgehead atoms. The lowest BCUT2D eigenvalue weighted by Gasteiger charge is -2.06. The summed E-state index contributed by atoms with van der Waals surface area (Å²) in [5, 5.41) is 17.3. The normalized spacial score (nSPS) is 10.2. The molecule has 0 radical (unpaired) electrons. The Morgan fingerprint density at radius 1 is 1.42 bits per heavy atom. The number of nitrogens with one attached hydrogen (secondary N) is 1. The summed E-state index contributed by atoms with van der Waals surface area (Å²) in [5.74, 6) is -0.349. The van der Waals surface area contributed by atoms with Crippen molar-refractivity contribution in [3.63, 3.8) is 0 Å². The smallest absolute Gasteiger partial charge is 0.276 e. The summed E-state index contributed by atoms with van der Waals surface area (Å²) in [7, 11) is 1.72. The average molecular weight is 260 g/mol. The van der Waals surface area contributed by atoms with Gasteiger partial charge < -0.3 is 5.32 Å². The molecule has 0 saturated heterocycles. The predicted molar refractivity (Wildman–Crippen MR) is 69.0 cm³/mol. The number of nitro groups is 1. The Morgan fingerprint density at radius 2 is 2.16 bits per heavy atom. The molecule has 0 unspecified atom stereocenters. The largest absolute Gasteiger partial charge is 0.320 e. The molecule has 98 valence electrons. The van der Waals surface area contributed by atoms with Gasteiger partial charge in [-0.15, -0.1) is 0 Å². The highest BCUT2D eigenvalue weighted by Crippen LogP contribution is 2.21. The second-order valence-electron chi connectivity index (χ2n) is 4.09. The number of carbonyl (C=O) groups excluding carboxylic acids is 1. The highest BCUT2D eigenvalue weighted by molar-refractivity contribution is 6.03. The molecule has 0 spiro atoms. The first kappa shape index (κ1) is 12.7. The number of rotatable bonds is 3. The molecule has 0 aliphatic heterocycles. The minimum Gasteiger partial charge on any atom is -0.320 e. The maximum Gasteiger partial charge on any atom is 0.276 e. The molecule has 0 aliphatic carbocycles. The van der Waals surface area contributed by atoms with E-state index in [1.54, 1.807) is 26.2 Å². The van der Waals surface area contributed by atoms with Gasteiger partial charge in [-0.3, -0.25) is 19.6 Å². The van der Waals surface area contributed by atoms with Crippen LogP contribution in [0.25, 0.3) is 0 Å². The molecule has 1 aromatic heterocycles. The van der Waals surface area contributed by atoms with Gasteiger partial charge in [0.2, 0.25) is 0 Å². The number of carbonyl (C=O) groups is 1. The van der Waals surface area contributed by atoms with E-state index in [4.69, 9.17) is 0 Å². The molecule has 1 N–H and O–H groups in total. The van der Waals surface area contributed by atoms with Crippen molar-refractivity contribution in [2.24, 2.45) is 7.05 Å². The molecule has 0 fully saturated rings. The van der Waals surface area contributed by atoms with Crippen molar-refractivity contribution in [3.8, 4) is 0 Å². The van der Waals surface area contributed by atoms with E-state index >= 15 is 0 Å². The summed E-state index contributed by atoms with van der Waals surface area (Å²) in [6.07, 6.45) is 1.66. The first-order chi connectivity index (χ1) is 8.97. The van der Waals surface area contributed by atoms with Gasteiger partial charge in [-0.05, 0) is 24.6 Å². The molecular formula is C12H12N4O3. The molecule has 1 amide bonds. The van der Waals surface area contributed by atoms with Crippen LogP contribution in [0, 0.1) is 17.0 Å². The Labute approximate surface area is 109 Å². The van der Waals surface area contributed by atoms with Crippen LogP contribution in [0.15, 0.2) is 30.5 Å². The van der Waals surface area contributed by atoms with Crippen molar-refractivity contribution < 1.29 is 9.72 Å². The van der Waals surface area contributed by atoms with Gasteiger partial charge in [0.15, 0.2) is 5.69 Å². The maximum atomic E-state index is 11.9. The van der Waals surface area contributed by atoms with Crippen LogP contribution in [0.3, 0.4) is 0 Å². The molecule has 0 aliphatic rings. The van der Waals surface area contributed by atoms with Crippen LogP contribution in [-0.2, 0) is 7.05 Å². The van der Waals surface area contributed by atoms with Crippen LogP contribution in [-0.4, -0.2) is 20.6 Å². The van der Waals surface area contributed by atoms with Crippen LogP contribution in [0.4, 0.5) is 11.4 Å². The van der Waals surface area contributed by atoms with Gasteiger partial charge in [0, 0.05) is 31.1 Å². The van der Waals surface area contributed by atoms with Crippen LogP contribution in [0.1, 0.15) is 16.1 Å². The number of nitro benzene ring substituents is 1. The number of amides is 1. The number of non-ortho nitro benzene ring substituents is 1. The van der Waals surface area contributed by atoms with Crippen molar-refractivity contribution >= 4 is 17.3 Å². The Morgan fingerprint density at radius 3 is 2.68 bits per heavy atom. The molecule has 0 atom stereocenters. The van der Waals surface area contributed by atoms with E-state index < -0.39 is 4.92 Å². The highest BCUT2D eigenvalue weighted by Gasteiger charge is 2.12. The summed E-state index contributed by atoms with van der Waals surface area (Å²) < 4.78 is 1.53. The Bertz CT molecular complexity index is 648. The summed E-state index contributed by atoms with van der Waals surface area (Å²) in [6, 6.07) is 5.86.